The van der Waals surface area contributed by atoms with Gasteiger partial charge in [-0.1, -0.05) is 113 Å². The van der Waals surface area contributed by atoms with Crippen LogP contribution >= 0.6 is 22.7 Å². The SMILES string of the molecule is CC(C)(C)c1cc(-c2ccccc2)c2c(=O)c3cc(N4c5ccccc5C(C)(C)c5ccc6c(sc7ccccc76)c54)ccc3sc2c1. The van der Waals surface area contributed by atoms with E-state index in [9.17, 15) is 4.79 Å². The Labute approximate surface area is 288 Å². The predicted molar refractivity (Wildman–Crippen MR) is 209 cm³/mol. The van der Waals surface area contributed by atoms with Crippen molar-refractivity contribution in [2.45, 2.75) is 45.4 Å². The third kappa shape index (κ3) is 4.25. The number of anilines is 3. The van der Waals surface area contributed by atoms with E-state index in [-0.39, 0.29) is 16.3 Å². The summed E-state index contributed by atoms with van der Waals surface area (Å²) in [6.45, 7) is 11.4. The van der Waals surface area contributed by atoms with Crippen molar-refractivity contribution in [3.8, 4) is 11.1 Å². The largest absolute Gasteiger partial charge is 0.308 e. The fourth-order valence-electron chi connectivity index (χ4n) is 7.62. The summed E-state index contributed by atoms with van der Waals surface area (Å²) >= 11 is 3.58. The fraction of sp³-hybridized carbons (Fsp3) is 0.159. The fourth-order valence-corrected chi connectivity index (χ4v) is 9.98. The van der Waals surface area contributed by atoms with Gasteiger partial charge in [-0.2, -0.15) is 0 Å². The van der Waals surface area contributed by atoms with E-state index in [1.807, 2.05) is 17.4 Å². The molecule has 0 saturated carbocycles. The van der Waals surface area contributed by atoms with Crippen LogP contribution in [0.2, 0.25) is 0 Å². The number of nitrogens with zero attached hydrogens (tertiary/aromatic N) is 1. The highest BCUT2D eigenvalue weighted by Crippen LogP contribution is 2.56. The van der Waals surface area contributed by atoms with E-state index in [1.165, 1.54) is 42.6 Å². The van der Waals surface area contributed by atoms with Crippen molar-refractivity contribution in [3.05, 3.63) is 148 Å². The molecule has 0 unspecified atom stereocenters. The van der Waals surface area contributed by atoms with Crippen molar-refractivity contribution in [3.63, 3.8) is 0 Å². The summed E-state index contributed by atoms with van der Waals surface area (Å²) in [6, 6.07) is 43.5. The minimum Gasteiger partial charge on any atom is -0.308 e. The summed E-state index contributed by atoms with van der Waals surface area (Å²) < 4.78 is 4.61. The molecule has 8 aromatic rings. The van der Waals surface area contributed by atoms with Gasteiger partial charge in [0.2, 0.25) is 0 Å². The maximum atomic E-state index is 14.8. The van der Waals surface area contributed by atoms with Crippen LogP contribution < -0.4 is 10.3 Å². The highest BCUT2D eigenvalue weighted by atomic mass is 32.1. The quantitative estimate of drug-likeness (QED) is 0.172. The molecule has 0 atom stereocenters. The molecule has 0 bridgehead atoms. The Balaban J connectivity index is 1.35. The van der Waals surface area contributed by atoms with Crippen LogP contribution in [0.3, 0.4) is 0 Å². The number of rotatable bonds is 2. The van der Waals surface area contributed by atoms with Crippen LogP contribution in [0.5, 0.6) is 0 Å². The zero-order valence-corrected chi connectivity index (χ0v) is 29.4. The summed E-state index contributed by atoms with van der Waals surface area (Å²) in [5.41, 5.74) is 9.12. The van der Waals surface area contributed by atoms with E-state index >= 15 is 0 Å². The first-order chi connectivity index (χ1) is 23.1. The van der Waals surface area contributed by atoms with Crippen LogP contribution in [0.4, 0.5) is 17.1 Å². The molecule has 9 rings (SSSR count). The number of hydrogen-bond donors (Lipinski definition) is 0. The first-order valence-corrected chi connectivity index (χ1v) is 18.2. The highest BCUT2D eigenvalue weighted by Gasteiger charge is 2.38. The van der Waals surface area contributed by atoms with Crippen molar-refractivity contribution < 1.29 is 0 Å². The first-order valence-electron chi connectivity index (χ1n) is 16.6. The van der Waals surface area contributed by atoms with Crippen molar-refractivity contribution in [2.24, 2.45) is 0 Å². The lowest BCUT2D eigenvalue weighted by Gasteiger charge is -2.42. The van der Waals surface area contributed by atoms with Crippen molar-refractivity contribution in [1.82, 2.24) is 0 Å². The Morgan fingerprint density at radius 3 is 2.17 bits per heavy atom. The van der Waals surface area contributed by atoms with Gasteiger partial charge in [0.15, 0.2) is 5.43 Å². The lowest BCUT2D eigenvalue weighted by Crippen LogP contribution is -2.30. The monoisotopic (exact) mass is 657 g/mol. The van der Waals surface area contributed by atoms with Gasteiger partial charge in [-0.15, -0.1) is 22.7 Å². The third-order valence-electron chi connectivity index (χ3n) is 10.2. The molecule has 0 spiro atoms. The molecule has 6 aromatic carbocycles. The second-order valence-electron chi connectivity index (χ2n) is 14.5. The lowest BCUT2D eigenvalue weighted by molar-refractivity contribution is 0.591. The van der Waals surface area contributed by atoms with Gasteiger partial charge in [-0.05, 0) is 75.7 Å². The standard InChI is InChI=1S/C44H35NOS2/c1-43(2,3)27-23-31(26-13-7-6-8-14-26)39-38(24-27)47-37-22-19-28(25-32(37)41(39)46)45-35-17-11-10-16-33(35)44(4,5)34-21-20-30-29-15-9-12-18-36(29)48-42(30)40(34)45/h6-25H,1-5H3. The summed E-state index contributed by atoms with van der Waals surface area (Å²) in [4.78, 5) is 17.2. The van der Waals surface area contributed by atoms with Crippen LogP contribution in [0.15, 0.2) is 126 Å². The maximum Gasteiger partial charge on any atom is 0.196 e. The maximum absolute atomic E-state index is 14.8. The van der Waals surface area contributed by atoms with Crippen molar-refractivity contribution >= 4 is 80.1 Å². The van der Waals surface area contributed by atoms with Crippen LogP contribution in [-0.4, -0.2) is 0 Å². The molecule has 3 heterocycles. The van der Waals surface area contributed by atoms with E-state index in [2.05, 4.69) is 155 Å². The molecular weight excluding hydrogens is 623 g/mol. The van der Waals surface area contributed by atoms with E-state index in [4.69, 9.17) is 0 Å². The van der Waals surface area contributed by atoms with E-state index in [0.29, 0.717) is 0 Å². The Hall–Kier alpha value is -4.77. The zero-order chi connectivity index (χ0) is 32.9. The smallest absolute Gasteiger partial charge is 0.196 e. The number of thiophene rings is 1. The minimum atomic E-state index is -0.193. The van der Waals surface area contributed by atoms with Crippen LogP contribution in [0.1, 0.15) is 51.3 Å². The van der Waals surface area contributed by atoms with Gasteiger partial charge in [-0.25, -0.2) is 0 Å². The second-order valence-corrected chi connectivity index (χ2v) is 16.7. The van der Waals surface area contributed by atoms with Gasteiger partial charge >= 0.3 is 0 Å². The minimum absolute atomic E-state index is 0.0486. The van der Waals surface area contributed by atoms with Gasteiger partial charge in [-0.3, -0.25) is 4.79 Å². The number of benzene rings is 6. The Morgan fingerprint density at radius 1 is 0.625 bits per heavy atom. The Bertz CT molecular complexity index is 2650. The molecule has 4 heteroatoms. The zero-order valence-electron chi connectivity index (χ0n) is 27.7. The second kappa shape index (κ2) is 10.4. The molecular formula is C44H35NOS2. The van der Waals surface area contributed by atoms with E-state index in [1.54, 1.807) is 11.3 Å². The molecule has 0 fully saturated rings. The van der Waals surface area contributed by atoms with Gasteiger partial charge < -0.3 is 4.90 Å². The van der Waals surface area contributed by atoms with Gasteiger partial charge in [0.1, 0.15) is 0 Å². The molecule has 0 saturated heterocycles. The Kier molecular flexibility index (Phi) is 6.34. The summed E-state index contributed by atoms with van der Waals surface area (Å²) in [6.07, 6.45) is 0. The number of para-hydroxylation sites is 1. The first kappa shape index (κ1) is 29.4. The lowest BCUT2D eigenvalue weighted by atomic mass is 9.73. The molecule has 2 nitrogen and oxygen atoms in total. The van der Waals surface area contributed by atoms with Gasteiger partial charge in [0, 0.05) is 46.7 Å². The van der Waals surface area contributed by atoms with Gasteiger partial charge in [0.05, 0.1) is 16.1 Å². The summed E-state index contributed by atoms with van der Waals surface area (Å²) in [7, 11) is 0. The topological polar surface area (TPSA) is 20.3 Å². The number of fused-ring (bicyclic) bond motifs is 8. The molecule has 0 radical (unpaired) electrons. The predicted octanol–water partition coefficient (Wildman–Crippen LogP) is 12.9. The molecule has 0 amide bonds. The highest BCUT2D eigenvalue weighted by molar-refractivity contribution is 7.26. The summed E-state index contributed by atoms with van der Waals surface area (Å²) in [5.74, 6) is 0. The average Bonchev–Trinajstić information content (AvgIpc) is 3.47. The Morgan fingerprint density at radius 2 is 1.35 bits per heavy atom. The van der Waals surface area contributed by atoms with Crippen molar-refractivity contribution in [2.75, 3.05) is 4.90 Å². The molecule has 2 aromatic heterocycles. The van der Waals surface area contributed by atoms with Crippen LogP contribution in [-0.2, 0) is 10.8 Å². The molecule has 1 aliphatic heterocycles. The number of hydrogen-bond acceptors (Lipinski definition) is 4. The van der Waals surface area contributed by atoms with E-state index < -0.39 is 0 Å². The normalized spacial score (nSPS) is 14.1. The van der Waals surface area contributed by atoms with Crippen LogP contribution in [0.25, 0.3) is 51.5 Å². The van der Waals surface area contributed by atoms with Crippen molar-refractivity contribution in [1.29, 1.82) is 0 Å². The molecule has 234 valence electrons. The molecule has 1 aliphatic rings. The summed E-state index contributed by atoms with van der Waals surface area (Å²) in [5, 5.41) is 4.12. The third-order valence-corrected chi connectivity index (χ3v) is 12.5. The molecule has 0 N–H and O–H groups in total. The van der Waals surface area contributed by atoms with Gasteiger partial charge in [0.25, 0.3) is 0 Å². The van der Waals surface area contributed by atoms with E-state index in [0.717, 1.165) is 42.7 Å². The molecule has 48 heavy (non-hydrogen) atoms. The molecule has 0 aliphatic carbocycles. The van der Waals surface area contributed by atoms with Crippen LogP contribution in [0, 0.1) is 0 Å². The average molecular weight is 658 g/mol.